The maximum absolute atomic E-state index is 11.8. The molecule has 1 aromatic carbocycles. The third-order valence-corrected chi connectivity index (χ3v) is 3.42. The lowest BCUT2D eigenvalue weighted by Crippen LogP contribution is -2.17. The van der Waals surface area contributed by atoms with Crippen LogP contribution in [0.1, 0.15) is 10.4 Å². The van der Waals surface area contributed by atoms with Crippen molar-refractivity contribution >= 4 is 29.5 Å². The maximum Gasteiger partial charge on any atom is 0.339 e. The Kier molecular flexibility index (Phi) is 4.73. The van der Waals surface area contributed by atoms with Gasteiger partial charge in [-0.05, 0) is 24.3 Å². The van der Waals surface area contributed by atoms with Crippen LogP contribution in [0.3, 0.4) is 0 Å². The number of anilines is 1. The molecule has 1 heterocycles. The number of rotatable bonds is 5. The van der Waals surface area contributed by atoms with Gasteiger partial charge in [-0.1, -0.05) is 18.2 Å². The van der Waals surface area contributed by atoms with Crippen LogP contribution < -0.4 is 5.32 Å². The topological polar surface area (TPSA) is 79.3 Å². The Balaban J connectivity index is 1.97. The number of aromatic nitrogens is 1. The van der Waals surface area contributed by atoms with Crippen molar-refractivity contribution in [2.45, 2.75) is 4.90 Å². The Hall–Kier alpha value is -2.34. The molecule has 2 aromatic rings. The Morgan fingerprint density at radius 1 is 1.15 bits per heavy atom. The third-order valence-electron chi connectivity index (χ3n) is 2.41. The van der Waals surface area contributed by atoms with E-state index in [0.717, 1.165) is 4.90 Å². The van der Waals surface area contributed by atoms with Crippen molar-refractivity contribution in [1.29, 1.82) is 0 Å². The van der Waals surface area contributed by atoms with Gasteiger partial charge in [-0.3, -0.25) is 4.79 Å². The lowest BCUT2D eigenvalue weighted by atomic mass is 10.2. The number of carboxylic acids is 1. The Morgan fingerprint density at radius 3 is 2.60 bits per heavy atom. The van der Waals surface area contributed by atoms with E-state index in [0.29, 0.717) is 0 Å². The monoisotopic (exact) mass is 288 g/mol. The zero-order valence-corrected chi connectivity index (χ0v) is 11.3. The molecule has 2 rings (SSSR count). The Morgan fingerprint density at radius 2 is 1.90 bits per heavy atom. The molecule has 0 bridgehead atoms. The molecule has 0 spiro atoms. The van der Waals surface area contributed by atoms with Gasteiger partial charge in [0.05, 0.1) is 5.75 Å². The molecule has 0 aliphatic heterocycles. The predicted molar refractivity (Wildman–Crippen MR) is 77.0 cm³/mol. The highest BCUT2D eigenvalue weighted by Gasteiger charge is 2.13. The second kappa shape index (κ2) is 6.72. The number of amides is 1. The van der Waals surface area contributed by atoms with Gasteiger partial charge in [0.25, 0.3) is 0 Å². The first kappa shape index (κ1) is 14.1. The van der Waals surface area contributed by atoms with Crippen LogP contribution in [0.4, 0.5) is 5.82 Å². The van der Waals surface area contributed by atoms with Gasteiger partial charge in [0.1, 0.15) is 11.4 Å². The SMILES string of the molecule is O=C(CSc1ccccc1)Nc1ncccc1C(=O)O. The van der Waals surface area contributed by atoms with E-state index in [1.807, 2.05) is 30.3 Å². The number of carboxylic acid groups (broad SMARTS) is 1. The minimum atomic E-state index is -1.12. The van der Waals surface area contributed by atoms with Crippen molar-refractivity contribution < 1.29 is 14.7 Å². The number of nitrogens with zero attached hydrogens (tertiary/aromatic N) is 1. The summed E-state index contributed by atoms with van der Waals surface area (Å²) < 4.78 is 0. The quantitative estimate of drug-likeness (QED) is 0.826. The second-order valence-electron chi connectivity index (χ2n) is 3.85. The summed E-state index contributed by atoms with van der Waals surface area (Å²) in [4.78, 5) is 27.6. The van der Waals surface area contributed by atoms with Crippen molar-refractivity contribution in [1.82, 2.24) is 4.98 Å². The molecule has 0 aliphatic rings. The molecule has 0 aliphatic carbocycles. The van der Waals surface area contributed by atoms with E-state index in [1.54, 1.807) is 0 Å². The zero-order valence-electron chi connectivity index (χ0n) is 10.4. The largest absolute Gasteiger partial charge is 0.478 e. The summed E-state index contributed by atoms with van der Waals surface area (Å²) in [5.74, 6) is -1.15. The standard InChI is InChI=1S/C14H12N2O3S/c17-12(9-20-10-5-2-1-3-6-10)16-13-11(14(18)19)7-4-8-15-13/h1-8H,9H2,(H,18,19)(H,15,16,17). The first-order valence-corrected chi connectivity index (χ1v) is 6.81. The number of carbonyl (C=O) groups is 2. The van der Waals surface area contributed by atoms with E-state index in [1.165, 1.54) is 30.1 Å². The molecule has 0 radical (unpaired) electrons. The molecule has 0 saturated heterocycles. The zero-order chi connectivity index (χ0) is 14.4. The third kappa shape index (κ3) is 3.83. The maximum atomic E-state index is 11.8. The number of hydrogen-bond donors (Lipinski definition) is 2. The van der Waals surface area contributed by atoms with Crippen molar-refractivity contribution in [2.24, 2.45) is 0 Å². The minimum Gasteiger partial charge on any atom is -0.478 e. The average Bonchev–Trinajstić information content (AvgIpc) is 2.46. The summed E-state index contributed by atoms with van der Waals surface area (Å²) in [5, 5.41) is 11.5. The van der Waals surface area contributed by atoms with Crippen LogP contribution in [0.15, 0.2) is 53.6 Å². The van der Waals surface area contributed by atoms with Gasteiger partial charge in [-0.15, -0.1) is 11.8 Å². The molecule has 5 nitrogen and oxygen atoms in total. The van der Waals surface area contributed by atoms with Gasteiger partial charge >= 0.3 is 5.97 Å². The molecular weight excluding hydrogens is 276 g/mol. The van der Waals surface area contributed by atoms with Gasteiger partial charge in [-0.2, -0.15) is 0 Å². The van der Waals surface area contributed by atoms with E-state index in [9.17, 15) is 9.59 Å². The molecule has 0 atom stereocenters. The molecular formula is C14H12N2O3S. The van der Waals surface area contributed by atoms with Gasteiger partial charge in [0.2, 0.25) is 5.91 Å². The van der Waals surface area contributed by atoms with E-state index < -0.39 is 5.97 Å². The van der Waals surface area contributed by atoms with Gasteiger partial charge < -0.3 is 10.4 Å². The Labute approximate surface area is 120 Å². The fraction of sp³-hybridized carbons (Fsp3) is 0.0714. The van der Waals surface area contributed by atoms with Crippen LogP contribution in [0, 0.1) is 0 Å². The van der Waals surface area contributed by atoms with Gasteiger partial charge in [-0.25, -0.2) is 9.78 Å². The highest BCUT2D eigenvalue weighted by molar-refractivity contribution is 8.00. The summed E-state index contributed by atoms with van der Waals surface area (Å²) in [5.41, 5.74) is -0.0226. The van der Waals surface area contributed by atoms with E-state index >= 15 is 0 Å². The first-order chi connectivity index (χ1) is 9.66. The molecule has 20 heavy (non-hydrogen) atoms. The predicted octanol–water partition coefficient (Wildman–Crippen LogP) is 2.51. The molecule has 6 heteroatoms. The summed E-state index contributed by atoms with van der Waals surface area (Å²) in [6.45, 7) is 0. The molecule has 102 valence electrons. The van der Waals surface area contributed by atoms with E-state index in [2.05, 4.69) is 10.3 Å². The summed E-state index contributed by atoms with van der Waals surface area (Å²) in [6.07, 6.45) is 1.44. The summed E-state index contributed by atoms with van der Waals surface area (Å²) >= 11 is 1.37. The average molecular weight is 288 g/mol. The van der Waals surface area contributed by atoms with Crippen LogP contribution in [0.25, 0.3) is 0 Å². The molecule has 1 amide bonds. The van der Waals surface area contributed by atoms with Gasteiger partial charge in [0.15, 0.2) is 0 Å². The van der Waals surface area contributed by atoms with Crippen molar-refractivity contribution in [2.75, 3.05) is 11.1 Å². The number of benzene rings is 1. The number of carbonyl (C=O) groups excluding carboxylic acids is 1. The highest BCUT2D eigenvalue weighted by Crippen LogP contribution is 2.18. The van der Waals surface area contributed by atoms with Crippen molar-refractivity contribution in [3.8, 4) is 0 Å². The van der Waals surface area contributed by atoms with E-state index in [-0.39, 0.29) is 23.0 Å². The number of aromatic carboxylic acids is 1. The van der Waals surface area contributed by atoms with Crippen LogP contribution in [0.2, 0.25) is 0 Å². The summed E-state index contributed by atoms with van der Waals surface area (Å²) in [6, 6.07) is 12.4. The normalized spacial score (nSPS) is 10.0. The number of thioether (sulfide) groups is 1. The smallest absolute Gasteiger partial charge is 0.339 e. The number of nitrogens with one attached hydrogen (secondary N) is 1. The molecule has 0 fully saturated rings. The van der Waals surface area contributed by atoms with Crippen molar-refractivity contribution in [3.05, 3.63) is 54.2 Å². The molecule has 1 aromatic heterocycles. The summed E-state index contributed by atoms with van der Waals surface area (Å²) in [7, 11) is 0. The fourth-order valence-electron chi connectivity index (χ4n) is 1.51. The van der Waals surface area contributed by atoms with E-state index in [4.69, 9.17) is 5.11 Å². The van der Waals surface area contributed by atoms with Crippen LogP contribution in [0.5, 0.6) is 0 Å². The number of pyridine rings is 1. The van der Waals surface area contributed by atoms with Crippen LogP contribution in [-0.2, 0) is 4.79 Å². The fourth-order valence-corrected chi connectivity index (χ4v) is 2.23. The molecule has 2 N–H and O–H groups in total. The lowest BCUT2D eigenvalue weighted by molar-refractivity contribution is -0.113. The lowest BCUT2D eigenvalue weighted by Gasteiger charge is -2.06. The first-order valence-electron chi connectivity index (χ1n) is 5.83. The van der Waals surface area contributed by atoms with Crippen molar-refractivity contribution in [3.63, 3.8) is 0 Å². The molecule has 0 unspecified atom stereocenters. The number of hydrogen-bond acceptors (Lipinski definition) is 4. The van der Waals surface area contributed by atoms with Gasteiger partial charge in [0, 0.05) is 11.1 Å². The molecule has 0 saturated carbocycles. The highest BCUT2D eigenvalue weighted by atomic mass is 32.2. The Bertz CT molecular complexity index is 617. The second-order valence-corrected chi connectivity index (χ2v) is 4.90. The van der Waals surface area contributed by atoms with Crippen LogP contribution in [-0.4, -0.2) is 27.7 Å². The minimum absolute atomic E-state index is 0.0226. The van der Waals surface area contributed by atoms with Crippen LogP contribution >= 0.6 is 11.8 Å².